The number of hydrogen-bond acceptors (Lipinski definition) is 4. The first-order valence-electron chi connectivity index (χ1n) is 9.89. The molecule has 2 rings (SSSR count). The highest BCUT2D eigenvalue weighted by Gasteiger charge is 2.21. The van der Waals surface area contributed by atoms with Crippen LogP contribution in [-0.4, -0.2) is 47.1 Å². The van der Waals surface area contributed by atoms with Gasteiger partial charge in [0.15, 0.2) is 0 Å². The van der Waals surface area contributed by atoms with E-state index in [9.17, 15) is 9.59 Å². The van der Waals surface area contributed by atoms with Crippen molar-refractivity contribution in [3.63, 3.8) is 0 Å². The number of hydrogen-bond donors (Lipinski definition) is 1. The van der Waals surface area contributed by atoms with Crippen molar-refractivity contribution >= 4 is 29.3 Å². The van der Waals surface area contributed by atoms with Gasteiger partial charge in [-0.1, -0.05) is 43.2 Å². The molecule has 2 amide bonds. The van der Waals surface area contributed by atoms with Gasteiger partial charge < -0.3 is 5.32 Å². The summed E-state index contributed by atoms with van der Waals surface area (Å²) in [6, 6.07) is 8.17. The number of aryl methyl sites for hydroxylation is 1. The lowest BCUT2D eigenvalue weighted by molar-refractivity contribution is -0.132. The van der Waals surface area contributed by atoms with Gasteiger partial charge in [0.2, 0.25) is 11.8 Å². The fourth-order valence-electron chi connectivity index (χ4n) is 2.77. The van der Waals surface area contributed by atoms with Crippen LogP contribution in [0.15, 0.2) is 29.4 Å². The molecule has 0 saturated heterocycles. The van der Waals surface area contributed by atoms with E-state index < -0.39 is 0 Å². The summed E-state index contributed by atoms with van der Waals surface area (Å²) in [6.07, 6.45) is 4.86. The van der Waals surface area contributed by atoms with Crippen LogP contribution in [0.4, 0.5) is 0 Å². The molecule has 1 aromatic rings. The van der Waals surface area contributed by atoms with Crippen molar-refractivity contribution in [2.45, 2.75) is 52.4 Å². The fourth-order valence-corrected chi connectivity index (χ4v) is 3.82. The van der Waals surface area contributed by atoms with Gasteiger partial charge in [0.25, 0.3) is 0 Å². The number of benzene rings is 1. The van der Waals surface area contributed by atoms with Crippen LogP contribution in [0.2, 0.25) is 0 Å². The number of rotatable bonds is 11. The molecule has 0 unspecified atom stereocenters. The Hall–Kier alpha value is -1.82. The van der Waals surface area contributed by atoms with E-state index >= 15 is 0 Å². The predicted octanol–water partition coefficient (Wildman–Crippen LogP) is 3.75. The Morgan fingerprint density at radius 1 is 1.19 bits per heavy atom. The molecule has 1 aliphatic rings. The second-order valence-corrected chi connectivity index (χ2v) is 8.07. The van der Waals surface area contributed by atoms with Gasteiger partial charge in [-0.3, -0.25) is 9.59 Å². The van der Waals surface area contributed by atoms with Crippen LogP contribution in [0.5, 0.6) is 0 Å². The summed E-state index contributed by atoms with van der Waals surface area (Å²) in [6.45, 7) is 5.28. The Balaban J connectivity index is 1.73. The minimum Gasteiger partial charge on any atom is -0.356 e. The van der Waals surface area contributed by atoms with Gasteiger partial charge in [0.05, 0.1) is 12.3 Å². The predicted molar refractivity (Wildman–Crippen MR) is 113 cm³/mol. The van der Waals surface area contributed by atoms with Crippen molar-refractivity contribution in [2.24, 2.45) is 5.10 Å². The van der Waals surface area contributed by atoms with Crippen molar-refractivity contribution in [1.82, 2.24) is 10.3 Å². The molecule has 0 saturated carbocycles. The molecule has 1 aromatic carbocycles. The normalized spacial score (nSPS) is 14.2. The third kappa shape index (κ3) is 7.75. The van der Waals surface area contributed by atoms with Gasteiger partial charge in [-0.25, -0.2) is 5.01 Å². The molecule has 5 nitrogen and oxygen atoms in total. The summed E-state index contributed by atoms with van der Waals surface area (Å²) < 4.78 is 0. The van der Waals surface area contributed by atoms with Crippen LogP contribution in [0, 0.1) is 6.92 Å². The minimum atomic E-state index is -0.0148. The molecule has 0 atom stereocenters. The van der Waals surface area contributed by atoms with Crippen LogP contribution >= 0.6 is 11.8 Å². The molecule has 0 radical (unpaired) electrons. The largest absolute Gasteiger partial charge is 0.356 e. The van der Waals surface area contributed by atoms with Crippen molar-refractivity contribution in [3.8, 4) is 0 Å². The zero-order valence-electron chi connectivity index (χ0n) is 16.5. The monoisotopic (exact) mass is 389 g/mol. The Morgan fingerprint density at radius 3 is 2.67 bits per heavy atom. The van der Waals surface area contributed by atoms with Crippen LogP contribution in [0.1, 0.15) is 56.6 Å². The zero-order valence-corrected chi connectivity index (χ0v) is 17.3. The van der Waals surface area contributed by atoms with Crippen molar-refractivity contribution in [2.75, 3.05) is 24.6 Å². The van der Waals surface area contributed by atoms with Crippen LogP contribution in [-0.2, 0) is 9.59 Å². The van der Waals surface area contributed by atoms with E-state index in [1.807, 2.05) is 43.0 Å². The highest BCUT2D eigenvalue weighted by molar-refractivity contribution is 7.99. The molecular formula is C21H31N3O2S. The van der Waals surface area contributed by atoms with E-state index in [2.05, 4.69) is 17.3 Å². The molecule has 27 heavy (non-hydrogen) atoms. The number of nitrogens with one attached hydrogen (secondary N) is 1. The number of carbonyl (C=O) groups is 2. The highest BCUT2D eigenvalue weighted by Crippen LogP contribution is 2.16. The minimum absolute atomic E-state index is 0.00835. The summed E-state index contributed by atoms with van der Waals surface area (Å²) in [5.74, 6) is 2.25. The first-order valence-corrected chi connectivity index (χ1v) is 11.0. The molecule has 0 aromatic heterocycles. The van der Waals surface area contributed by atoms with E-state index in [1.165, 1.54) is 29.2 Å². The van der Waals surface area contributed by atoms with E-state index in [0.717, 1.165) is 23.4 Å². The quantitative estimate of drug-likeness (QED) is 0.586. The van der Waals surface area contributed by atoms with E-state index in [0.29, 0.717) is 32.4 Å². The number of amides is 2. The number of unbranched alkanes of at least 4 members (excludes halogenated alkanes) is 1. The van der Waals surface area contributed by atoms with Gasteiger partial charge in [-0.05, 0) is 36.8 Å². The summed E-state index contributed by atoms with van der Waals surface area (Å²) in [5, 5.41) is 8.89. The van der Waals surface area contributed by atoms with Crippen LogP contribution in [0.3, 0.4) is 0 Å². The van der Waals surface area contributed by atoms with Crippen molar-refractivity contribution < 1.29 is 9.59 Å². The van der Waals surface area contributed by atoms with Crippen LogP contribution < -0.4 is 5.32 Å². The molecule has 1 aliphatic heterocycles. The third-order valence-corrected chi connectivity index (χ3v) is 5.62. The number of thioether (sulfide) groups is 1. The van der Waals surface area contributed by atoms with E-state index in [1.54, 1.807) is 0 Å². The van der Waals surface area contributed by atoms with Gasteiger partial charge in [0.1, 0.15) is 0 Å². The number of hydrazone groups is 1. The highest BCUT2D eigenvalue weighted by atomic mass is 32.2. The Bertz CT molecular complexity index is 643. The molecule has 0 spiro atoms. The molecule has 0 aliphatic carbocycles. The average molecular weight is 390 g/mol. The first-order chi connectivity index (χ1) is 13.1. The molecule has 0 bridgehead atoms. The third-order valence-electron chi connectivity index (χ3n) is 4.47. The lowest BCUT2D eigenvalue weighted by Gasteiger charge is -2.23. The van der Waals surface area contributed by atoms with E-state index in [4.69, 9.17) is 0 Å². The average Bonchev–Trinajstić information content (AvgIpc) is 2.67. The maximum atomic E-state index is 12.1. The molecule has 148 valence electrons. The van der Waals surface area contributed by atoms with Gasteiger partial charge in [-0.15, -0.1) is 0 Å². The smallest absolute Gasteiger partial charge is 0.243 e. The topological polar surface area (TPSA) is 61.8 Å². The maximum absolute atomic E-state index is 12.1. The van der Waals surface area contributed by atoms with Gasteiger partial charge in [0, 0.05) is 25.8 Å². The summed E-state index contributed by atoms with van der Waals surface area (Å²) in [4.78, 5) is 24.1. The molecule has 1 N–H and O–H groups in total. The summed E-state index contributed by atoms with van der Waals surface area (Å²) in [5.41, 5.74) is 3.16. The maximum Gasteiger partial charge on any atom is 0.243 e. The van der Waals surface area contributed by atoms with Crippen molar-refractivity contribution in [1.29, 1.82) is 0 Å². The summed E-state index contributed by atoms with van der Waals surface area (Å²) in [7, 11) is 0. The first kappa shape index (κ1) is 21.5. The van der Waals surface area contributed by atoms with Crippen LogP contribution in [0.25, 0.3) is 0 Å². The molecular weight excluding hydrogens is 358 g/mol. The lowest BCUT2D eigenvalue weighted by atomic mass is 10.0. The lowest BCUT2D eigenvalue weighted by Crippen LogP contribution is -2.35. The number of nitrogens with zero attached hydrogens (tertiary/aromatic N) is 2. The summed E-state index contributed by atoms with van der Waals surface area (Å²) >= 11 is 1.94. The van der Waals surface area contributed by atoms with Gasteiger partial charge in [-0.2, -0.15) is 16.9 Å². The standard InChI is InChI=1S/C21H31N3O2S/c1-3-4-15-27-16-5-13-22-20(25)12-14-24-21(26)11-10-19(23-24)18-8-6-17(2)7-9-18/h6-9H,3-5,10-16H2,1-2H3,(H,22,25). The van der Waals surface area contributed by atoms with Crippen molar-refractivity contribution in [3.05, 3.63) is 35.4 Å². The second kappa shape index (κ2) is 11.8. The SMILES string of the molecule is CCCCSCCCNC(=O)CCN1N=C(c2ccc(C)cc2)CCC1=O. The Kier molecular flexibility index (Phi) is 9.39. The Morgan fingerprint density at radius 2 is 1.93 bits per heavy atom. The molecule has 0 fully saturated rings. The van der Waals surface area contributed by atoms with E-state index in [-0.39, 0.29) is 11.8 Å². The second-order valence-electron chi connectivity index (χ2n) is 6.85. The zero-order chi connectivity index (χ0) is 19.5. The molecule has 1 heterocycles. The van der Waals surface area contributed by atoms with Gasteiger partial charge >= 0.3 is 0 Å². The fraction of sp³-hybridized carbons (Fsp3) is 0.571. The Labute approximate surface area is 167 Å². The molecule has 6 heteroatoms. The number of carbonyl (C=O) groups excluding carboxylic acids is 2.